The SMILES string of the molecule is CN1Cc2cc(-c3cnc4ncc(C5(c6ccc7ncccc7c6)C=C5)n4c3)ccc2C1=O. The molecule has 0 unspecified atom stereocenters. The van der Waals surface area contributed by atoms with Crippen LogP contribution < -0.4 is 0 Å². The molecule has 6 heteroatoms. The third kappa shape index (κ3) is 2.61. The number of carbonyl (C=O) groups excluding carboxylic acids is 1. The van der Waals surface area contributed by atoms with Gasteiger partial charge in [-0.1, -0.05) is 30.4 Å². The molecule has 1 amide bonds. The second-order valence-electron chi connectivity index (χ2n) is 8.80. The van der Waals surface area contributed by atoms with Gasteiger partial charge in [-0.15, -0.1) is 0 Å². The van der Waals surface area contributed by atoms with Crippen LogP contribution in [0.2, 0.25) is 0 Å². The molecule has 0 N–H and O–H groups in total. The molecule has 3 aromatic heterocycles. The van der Waals surface area contributed by atoms with Crippen molar-refractivity contribution in [3.63, 3.8) is 0 Å². The van der Waals surface area contributed by atoms with Gasteiger partial charge in [-0.05, 0) is 47.0 Å². The average Bonchev–Trinajstić information content (AvgIpc) is 3.46. The topological polar surface area (TPSA) is 63.4 Å². The quantitative estimate of drug-likeness (QED) is 0.399. The fourth-order valence-electron chi connectivity index (χ4n) is 4.90. The number of imidazole rings is 1. The number of allylic oxidation sites excluding steroid dienone is 2. The number of nitrogens with zero attached hydrogens (tertiary/aromatic N) is 5. The van der Waals surface area contributed by atoms with Crippen molar-refractivity contribution in [3.05, 3.63) is 108 Å². The van der Waals surface area contributed by atoms with Crippen molar-refractivity contribution < 1.29 is 4.79 Å². The van der Waals surface area contributed by atoms with Crippen LogP contribution in [0, 0.1) is 0 Å². The zero-order chi connectivity index (χ0) is 22.2. The van der Waals surface area contributed by atoms with Crippen LogP contribution in [-0.4, -0.2) is 37.2 Å². The molecule has 2 aliphatic rings. The first-order chi connectivity index (χ1) is 16.1. The van der Waals surface area contributed by atoms with Crippen LogP contribution >= 0.6 is 0 Å². The van der Waals surface area contributed by atoms with Crippen LogP contribution in [-0.2, 0) is 12.0 Å². The number of benzene rings is 2. The van der Waals surface area contributed by atoms with Gasteiger partial charge in [0.15, 0.2) is 0 Å². The molecule has 5 aromatic rings. The molecule has 0 fully saturated rings. The maximum Gasteiger partial charge on any atom is 0.254 e. The Labute approximate surface area is 189 Å². The molecule has 0 atom stereocenters. The summed E-state index contributed by atoms with van der Waals surface area (Å²) in [6, 6.07) is 16.5. The van der Waals surface area contributed by atoms with Crippen LogP contribution in [0.25, 0.3) is 27.8 Å². The van der Waals surface area contributed by atoms with E-state index < -0.39 is 0 Å². The second kappa shape index (κ2) is 6.36. The van der Waals surface area contributed by atoms with Crippen LogP contribution in [0.3, 0.4) is 0 Å². The summed E-state index contributed by atoms with van der Waals surface area (Å²) in [6.45, 7) is 0.637. The molecule has 6 nitrogen and oxygen atoms in total. The Morgan fingerprint density at radius 3 is 2.70 bits per heavy atom. The van der Waals surface area contributed by atoms with Crippen LogP contribution in [0.15, 0.2) is 85.5 Å². The van der Waals surface area contributed by atoms with E-state index in [0.717, 1.165) is 38.9 Å². The van der Waals surface area contributed by atoms with Gasteiger partial charge < -0.3 is 4.90 Å². The van der Waals surface area contributed by atoms with Crippen molar-refractivity contribution in [2.45, 2.75) is 12.0 Å². The molecule has 2 aromatic carbocycles. The lowest BCUT2D eigenvalue weighted by molar-refractivity contribution is 0.0816. The molecule has 0 spiro atoms. The minimum Gasteiger partial charge on any atom is -0.337 e. The first-order valence-electron chi connectivity index (χ1n) is 10.9. The predicted octanol–water partition coefficient (Wildman–Crippen LogP) is 4.39. The van der Waals surface area contributed by atoms with Crippen molar-refractivity contribution in [1.82, 2.24) is 24.3 Å². The molecule has 33 heavy (non-hydrogen) atoms. The Hall–Kier alpha value is -4.32. The van der Waals surface area contributed by atoms with E-state index in [1.165, 1.54) is 5.56 Å². The van der Waals surface area contributed by atoms with Crippen LogP contribution in [0.1, 0.15) is 27.2 Å². The van der Waals surface area contributed by atoms with Gasteiger partial charge in [0.25, 0.3) is 5.91 Å². The van der Waals surface area contributed by atoms with Crippen LogP contribution in [0.4, 0.5) is 0 Å². The van der Waals surface area contributed by atoms with Gasteiger partial charge in [0.1, 0.15) is 0 Å². The monoisotopic (exact) mass is 429 g/mol. The molecule has 0 radical (unpaired) electrons. The van der Waals surface area contributed by atoms with E-state index >= 15 is 0 Å². The minimum atomic E-state index is -0.295. The molecular weight excluding hydrogens is 410 g/mol. The van der Waals surface area contributed by atoms with Gasteiger partial charge in [-0.3, -0.25) is 14.2 Å². The Morgan fingerprint density at radius 2 is 1.82 bits per heavy atom. The zero-order valence-electron chi connectivity index (χ0n) is 17.9. The number of hydrogen-bond acceptors (Lipinski definition) is 4. The second-order valence-corrected chi connectivity index (χ2v) is 8.80. The van der Waals surface area contributed by atoms with E-state index in [0.29, 0.717) is 12.3 Å². The number of hydrogen-bond donors (Lipinski definition) is 0. The van der Waals surface area contributed by atoms with Gasteiger partial charge in [0.2, 0.25) is 5.78 Å². The average molecular weight is 429 g/mol. The molecule has 0 saturated heterocycles. The van der Waals surface area contributed by atoms with E-state index in [-0.39, 0.29) is 11.3 Å². The first kappa shape index (κ1) is 18.3. The predicted molar refractivity (Wildman–Crippen MR) is 126 cm³/mol. The lowest BCUT2D eigenvalue weighted by Gasteiger charge is -2.17. The highest BCUT2D eigenvalue weighted by Crippen LogP contribution is 2.45. The maximum atomic E-state index is 12.3. The molecule has 1 aliphatic carbocycles. The normalized spacial score (nSPS) is 16.0. The molecule has 158 valence electrons. The zero-order valence-corrected chi connectivity index (χ0v) is 17.9. The van der Waals surface area contributed by atoms with Gasteiger partial charge >= 0.3 is 0 Å². The Bertz CT molecular complexity index is 1640. The highest BCUT2D eigenvalue weighted by Gasteiger charge is 2.41. The number of aromatic nitrogens is 4. The Kier molecular flexibility index (Phi) is 3.52. The summed E-state index contributed by atoms with van der Waals surface area (Å²) in [5.41, 5.74) is 6.81. The number of pyridine rings is 1. The molecule has 1 aliphatic heterocycles. The van der Waals surface area contributed by atoms with Gasteiger partial charge in [-0.25, -0.2) is 9.97 Å². The fraction of sp³-hybridized carbons (Fsp3) is 0.111. The molecular formula is C27H19N5O. The Morgan fingerprint density at radius 1 is 0.939 bits per heavy atom. The van der Waals surface area contributed by atoms with Crippen LogP contribution in [0.5, 0.6) is 0 Å². The van der Waals surface area contributed by atoms with Crippen molar-refractivity contribution >= 4 is 22.6 Å². The summed E-state index contributed by atoms with van der Waals surface area (Å²) < 4.78 is 2.08. The van der Waals surface area contributed by atoms with E-state index in [2.05, 4.69) is 68.0 Å². The molecule has 0 bridgehead atoms. The Balaban J connectivity index is 1.33. The molecule has 7 rings (SSSR count). The van der Waals surface area contributed by atoms with E-state index in [4.69, 9.17) is 0 Å². The molecule has 0 saturated carbocycles. The number of rotatable bonds is 3. The summed E-state index contributed by atoms with van der Waals surface area (Å²) in [4.78, 5) is 27.6. The summed E-state index contributed by atoms with van der Waals surface area (Å²) >= 11 is 0. The minimum absolute atomic E-state index is 0.0781. The largest absolute Gasteiger partial charge is 0.337 e. The maximum absolute atomic E-state index is 12.3. The third-order valence-corrected chi connectivity index (χ3v) is 6.79. The smallest absolute Gasteiger partial charge is 0.254 e. The summed E-state index contributed by atoms with van der Waals surface area (Å²) in [6.07, 6.45) is 12.1. The van der Waals surface area contributed by atoms with E-state index in [9.17, 15) is 4.79 Å². The van der Waals surface area contributed by atoms with Crippen molar-refractivity contribution in [2.75, 3.05) is 7.05 Å². The summed E-state index contributed by atoms with van der Waals surface area (Å²) in [5.74, 6) is 0.745. The lowest BCUT2D eigenvalue weighted by Crippen LogP contribution is -2.17. The van der Waals surface area contributed by atoms with E-state index in [1.807, 2.05) is 43.8 Å². The number of fused-ring (bicyclic) bond motifs is 3. The number of carbonyl (C=O) groups is 1. The lowest BCUT2D eigenvalue weighted by atomic mass is 9.89. The van der Waals surface area contributed by atoms with Gasteiger partial charge in [-0.2, -0.15) is 0 Å². The highest BCUT2D eigenvalue weighted by molar-refractivity contribution is 5.98. The van der Waals surface area contributed by atoms with E-state index in [1.54, 1.807) is 4.90 Å². The number of amides is 1. The third-order valence-electron chi connectivity index (χ3n) is 6.79. The fourth-order valence-corrected chi connectivity index (χ4v) is 4.90. The molecule has 4 heterocycles. The van der Waals surface area contributed by atoms with Crippen molar-refractivity contribution in [3.8, 4) is 11.1 Å². The highest BCUT2D eigenvalue weighted by atomic mass is 16.2. The summed E-state index contributed by atoms with van der Waals surface area (Å²) in [7, 11) is 1.83. The van der Waals surface area contributed by atoms with Crippen molar-refractivity contribution in [1.29, 1.82) is 0 Å². The van der Waals surface area contributed by atoms with Crippen molar-refractivity contribution in [2.24, 2.45) is 0 Å². The summed E-state index contributed by atoms with van der Waals surface area (Å²) in [5, 5.41) is 1.12. The standard InChI is InChI=1S/C27H19N5O/c1-31-15-19-11-17(4-6-22(19)25(31)33)20-13-29-26-30-14-24(32(26)16-20)27(8-9-27)21-5-7-23-18(12-21)3-2-10-28-23/h2-14,16H,15H2,1H3. The first-order valence-corrected chi connectivity index (χ1v) is 10.9. The van der Waals surface area contributed by atoms with Gasteiger partial charge in [0.05, 0.1) is 22.8 Å². The van der Waals surface area contributed by atoms with Gasteiger partial charge in [0, 0.05) is 48.7 Å².